The molecule has 0 aromatic rings. The van der Waals surface area contributed by atoms with E-state index in [1.807, 2.05) is 0 Å². The molecule has 1 aliphatic carbocycles. The summed E-state index contributed by atoms with van der Waals surface area (Å²) >= 11 is 0. The molecule has 0 saturated heterocycles. The molecular formula is C9H16N4O2. The molecule has 0 aromatic carbocycles. The van der Waals surface area contributed by atoms with E-state index in [4.69, 9.17) is 10.3 Å². The van der Waals surface area contributed by atoms with E-state index in [1.165, 1.54) is 7.11 Å². The smallest absolute Gasteiger partial charge is 0.313 e. The lowest BCUT2D eigenvalue weighted by Crippen LogP contribution is -2.29. The number of carbonyl (C=O) groups excluding carboxylic acids is 1. The number of methoxy groups -OCH3 is 1. The maximum atomic E-state index is 11.4. The first-order valence-electron chi connectivity index (χ1n) is 4.76. The third-order valence-electron chi connectivity index (χ3n) is 2.53. The Kier molecular flexibility index (Phi) is 3.65. The lowest BCUT2D eigenvalue weighted by molar-refractivity contribution is -0.146. The minimum Gasteiger partial charge on any atom is -0.469 e. The van der Waals surface area contributed by atoms with E-state index in [2.05, 4.69) is 15.7 Å². The molecule has 0 radical (unpaired) electrons. The monoisotopic (exact) mass is 212 g/mol. The van der Waals surface area contributed by atoms with Crippen LogP contribution < -0.4 is 10.6 Å². The van der Waals surface area contributed by atoms with Crippen LogP contribution in [-0.2, 0) is 9.53 Å². The number of hydrogen-bond donors (Lipinski definition) is 3. The zero-order valence-electron chi connectivity index (χ0n) is 8.96. The summed E-state index contributed by atoms with van der Waals surface area (Å²) in [6.07, 6.45) is 3.29. The lowest BCUT2D eigenvalue weighted by atomic mass is 10.1. The highest BCUT2D eigenvalue weighted by molar-refractivity contribution is 5.80. The molecular weight excluding hydrogens is 196 g/mol. The molecule has 0 aliphatic heterocycles. The van der Waals surface area contributed by atoms with E-state index in [0.717, 1.165) is 12.8 Å². The van der Waals surface area contributed by atoms with Crippen molar-refractivity contribution in [3.63, 3.8) is 0 Å². The van der Waals surface area contributed by atoms with Crippen molar-refractivity contribution in [3.8, 4) is 0 Å². The molecule has 1 rings (SSSR count). The number of hydrogen-bond acceptors (Lipinski definition) is 6. The van der Waals surface area contributed by atoms with Crippen molar-refractivity contribution in [1.82, 2.24) is 10.6 Å². The van der Waals surface area contributed by atoms with Gasteiger partial charge in [-0.25, -0.2) is 5.53 Å². The average molecular weight is 212 g/mol. The Hall–Kier alpha value is -1.59. The SMILES string of the molecule is CN/C(=C/NCC1(C(=O)OC)CC1)N=N. The molecule has 6 heteroatoms. The molecule has 0 bridgehead atoms. The molecule has 0 heterocycles. The van der Waals surface area contributed by atoms with Gasteiger partial charge in [-0.1, -0.05) is 0 Å². The number of carbonyl (C=O) groups is 1. The minimum absolute atomic E-state index is 0.169. The Labute approximate surface area is 88.6 Å². The average Bonchev–Trinajstić information content (AvgIpc) is 3.04. The maximum absolute atomic E-state index is 11.4. The van der Waals surface area contributed by atoms with Gasteiger partial charge in [-0.15, -0.1) is 5.11 Å². The molecule has 84 valence electrons. The topological polar surface area (TPSA) is 86.6 Å². The summed E-state index contributed by atoms with van der Waals surface area (Å²) in [5.41, 5.74) is 6.44. The molecule has 3 N–H and O–H groups in total. The highest BCUT2D eigenvalue weighted by Crippen LogP contribution is 2.45. The summed E-state index contributed by atoms with van der Waals surface area (Å²) in [6, 6.07) is 0. The zero-order valence-corrected chi connectivity index (χ0v) is 8.96. The second kappa shape index (κ2) is 4.77. The van der Waals surface area contributed by atoms with Crippen LogP contribution in [0.3, 0.4) is 0 Å². The summed E-state index contributed by atoms with van der Waals surface area (Å²) in [4.78, 5) is 11.4. The summed E-state index contributed by atoms with van der Waals surface area (Å²) < 4.78 is 4.71. The number of esters is 1. The van der Waals surface area contributed by atoms with Crippen molar-refractivity contribution in [2.75, 3.05) is 20.7 Å². The van der Waals surface area contributed by atoms with E-state index < -0.39 is 0 Å². The van der Waals surface area contributed by atoms with Crippen molar-refractivity contribution in [2.45, 2.75) is 12.8 Å². The number of ether oxygens (including phenoxy) is 1. The first-order chi connectivity index (χ1) is 7.18. The molecule has 1 fully saturated rings. The van der Waals surface area contributed by atoms with Gasteiger partial charge in [-0.05, 0) is 12.8 Å². The first-order valence-corrected chi connectivity index (χ1v) is 4.76. The highest BCUT2D eigenvalue weighted by atomic mass is 16.5. The van der Waals surface area contributed by atoms with Gasteiger partial charge in [0.15, 0.2) is 5.82 Å². The first kappa shape index (κ1) is 11.5. The molecule has 0 amide bonds. The normalized spacial score (nSPS) is 17.9. The van der Waals surface area contributed by atoms with Gasteiger partial charge in [0.25, 0.3) is 0 Å². The Bertz CT molecular complexity index is 284. The number of rotatable bonds is 6. The quantitative estimate of drug-likeness (QED) is 0.444. The largest absolute Gasteiger partial charge is 0.469 e. The van der Waals surface area contributed by atoms with Crippen molar-refractivity contribution in [1.29, 1.82) is 5.53 Å². The van der Waals surface area contributed by atoms with E-state index >= 15 is 0 Å². The van der Waals surface area contributed by atoms with Crippen LogP contribution in [0.5, 0.6) is 0 Å². The Morgan fingerprint density at radius 2 is 2.33 bits per heavy atom. The van der Waals surface area contributed by atoms with Gasteiger partial charge >= 0.3 is 5.97 Å². The van der Waals surface area contributed by atoms with Crippen molar-refractivity contribution in [2.24, 2.45) is 10.5 Å². The highest BCUT2D eigenvalue weighted by Gasteiger charge is 2.50. The molecule has 0 atom stereocenters. The third-order valence-corrected chi connectivity index (χ3v) is 2.53. The van der Waals surface area contributed by atoms with Crippen molar-refractivity contribution >= 4 is 5.97 Å². The number of nitrogens with one attached hydrogen (secondary N) is 3. The van der Waals surface area contributed by atoms with Crippen LogP contribution in [0.2, 0.25) is 0 Å². The van der Waals surface area contributed by atoms with Crippen LogP contribution >= 0.6 is 0 Å². The van der Waals surface area contributed by atoms with Crippen molar-refractivity contribution < 1.29 is 9.53 Å². The van der Waals surface area contributed by atoms with Crippen molar-refractivity contribution in [3.05, 3.63) is 12.0 Å². The molecule has 1 aliphatic rings. The van der Waals surface area contributed by atoms with Gasteiger partial charge in [0.05, 0.1) is 12.5 Å². The Morgan fingerprint density at radius 1 is 1.67 bits per heavy atom. The maximum Gasteiger partial charge on any atom is 0.313 e. The third kappa shape index (κ3) is 2.68. The molecule has 15 heavy (non-hydrogen) atoms. The predicted octanol–water partition coefficient (Wildman–Crippen LogP) is 0.578. The Morgan fingerprint density at radius 3 is 2.73 bits per heavy atom. The predicted molar refractivity (Wildman–Crippen MR) is 54.0 cm³/mol. The summed E-state index contributed by atoms with van der Waals surface area (Å²) in [5, 5.41) is 8.93. The van der Waals surface area contributed by atoms with E-state index in [0.29, 0.717) is 12.4 Å². The van der Waals surface area contributed by atoms with Gasteiger partial charge in [-0.3, -0.25) is 4.79 Å². The zero-order chi connectivity index (χ0) is 11.3. The molecule has 0 aromatic heterocycles. The fourth-order valence-corrected chi connectivity index (χ4v) is 1.32. The van der Waals surface area contributed by atoms with Gasteiger partial charge in [-0.2, -0.15) is 0 Å². The van der Waals surface area contributed by atoms with Gasteiger partial charge in [0, 0.05) is 19.8 Å². The standard InChI is InChI=1S/C9H16N4O2/c1-11-7(13-10)5-12-6-9(3-4-9)8(14)15-2/h5,10-12H,3-4,6H2,1-2H3/b7-5-,13-10?. The second-order valence-corrected chi connectivity index (χ2v) is 3.54. The van der Waals surface area contributed by atoms with E-state index in [-0.39, 0.29) is 11.4 Å². The Balaban J connectivity index is 2.40. The van der Waals surface area contributed by atoms with E-state index in [1.54, 1.807) is 13.2 Å². The minimum atomic E-state index is -0.355. The van der Waals surface area contributed by atoms with Crippen LogP contribution in [0, 0.1) is 10.9 Å². The van der Waals surface area contributed by atoms with Crippen LogP contribution in [0.4, 0.5) is 0 Å². The molecule has 6 nitrogen and oxygen atoms in total. The fraction of sp³-hybridized carbons (Fsp3) is 0.667. The molecule has 1 saturated carbocycles. The van der Waals surface area contributed by atoms with Gasteiger partial charge in [0.1, 0.15) is 0 Å². The second-order valence-electron chi connectivity index (χ2n) is 3.54. The van der Waals surface area contributed by atoms with Gasteiger partial charge in [0.2, 0.25) is 0 Å². The van der Waals surface area contributed by atoms with E-state index in [9.17, 15) is 4.79 Å². The molecule has 0 spiro atoms. The number of nitrogens with zero attached hydrogens (tertiary/aromatic N) is 1. The van der Waals surface area contributed by atoms with Crippen LogP contribution in [-0.4, -0.2) is 26.7 Å². The lowest BCUT2D eigenvalue weighted by Gasteiger charge is -2.12. The van der Waals surface area contributed by atoms with Crippen LogP contribution in [0.25, 0.3) is 0 Å². The fourth-order valence-electron chi connectivity index (χ4n) is 1.32. The van der Waals surface area contributed by atoms with Gasteiger partial charge < -0.3 is 15.4 Å². The summed E-state index contributed by atoms with van der Waals surface area (Å²) in [7, 11) is 3.08. The van der Waals surface area contributed by atoms with Crippen LogP contribution in [0.1, 0.15) is 12.8 Å². The molecule has 0 unspecified atom stereocenters. The summed E-state index contributed by atoms with van der Waals surface area (Å²) in [5.74, 6) is 0.257. The summed E-state index contributed by atoms with van der Waals surface area (Å²) in [6.45, 7) is 0.528. The van der Waals surface area contributed by atoms with Crippen LogP contribution in [0.15, 0.2) is 17.1 Å².